The molecule has 130 valence electrons. The lowest BCUT2D eigenvalue weighted by Crippen LogP contribution is -2.31. The molecule has 9 heteroatoms. The van der Waals surface area contributed by atoms with Gasteiger partial charge in [-0.3, -0.25) is 4.79 Å². The number of amides is 1. The molecule has 1 aromatic carbocycles. The monoisotopic (exact) mass is 344 g/mol. The van der Waals surface area contributed by atoms with Crippen molar-refractivity contribution < 1.29 is 13.6 Å². The summed E-state index contributed by atoms with van der Waals surface area (Å²) in [5.41, 5.74) is 0.801. The summed E-state index contributed by atoms with van der Waals surface area (Å²) in [7, 11) is 1.69. The number of carbonyl (C=O) groups is 1. The first-order chi connectivity index (χ1) is 12.0. The molecule has 3 aromatic rings. The molecule has 0 unspecified atom stereocenters. The quantitative estimate of drug-likeness (QED) is 0.733. The van der Waals surface area contributed by atoms with Crippen LogP contribution in [0.4, 0.5) is 10.1 Å². The summed E-state index contributed by atoms with van der Waals surface area (Å²) in [6.45, 7) is 2.12. The Morgan fingerprint density at radius 1 is 1.40 bits per heavy atom. The van der Waals surface area contributed by atoms with E-state index in [9.17, 15) is 9.18 Å². The van der Waals surface area contributed by atoms with Crippen molar-refractivity contribution in [3.05, 3.63) is 54.0 Å². The Morgan fingerprint density at radius 3 is 2.92 bits per heavy atom. The lowest BCUT2D eigenvalue weighted by Gasteiger charge is -2.17. The molecule has 0 fully saturated rings. The van der Waals surface area contributed by atoms with Crippen molar-refractivity contribution in [2.24, 2.45) is 0 Å². The van der Waals surface area contributed by atoms with Crippen LogP contribution in [0.25, 0.3) is 5.69 Å². The Kier molecular flexibility index (Phi) is 4.73. The van der Waals surface area contributed by atoms with E-state index in [4.69, 9.17) is 4.42 Å². The summed E-state index contributed by atoms with van der Waals surface area (Å²) < 4.78 is 20.5. The first kappa shape index (κ1) is 16.6. The molecular formula is C16H17FN6O2. The molecule has 0 bridgehead atoms. The maximum Gasteiger partial charge on any atom is 0.242 e. The molecule has 2 aromatic heterocycles. The van der Waals surface area contributed by atoms with Gasteiger partial charge in [0, 0.05) is 12.7 Å². The number of furan rings is 1. The highest BCUT2D eigenvalue weighted by atomic mass is 19.1. The van der Waals surface area contributed by atoms with E-state index < -0.39 is 5.82 Å². The molecule has 8 nitrogen and oxygen atoms in total. The second-order valence-corrected chi connectivity index (χ2v) is 5.49. The average molecular weight is 344 g/mol. The van der Waals surface area contributed by atoms with Crippen LogP contribution in [-0.2, 0) is 11.3 Å². The molecular weight excluding hydrogens is 327 g/mol. The molecule has 3 rings (SSSR count). The highest BCUT2D eigenvalue weighted by Crippen LogP contribution is 2.18. The number of halogens is 1. The van der Waals surface area contributed by atoms with Crippen LogP contribution in [0.5, 0.6) is 0 Å². The van der Waals surface area contributed by atoms with E-state index in [-0.39, 0.29) is 18.1 Å². The largest absolute Gasteiger partial charge is 0.467 e. The first-order valence-electron chi connectivity index (χ1n) is 7.59. The highest BCUT2D eigenvalue weighted by Gasteiger charge is 2.13. The minimum Gasteiger partial charge on any atom is -0.467 e. The van der Waals surface area contributed by atoms with Crippen molar-refractivity contribution in [3.8, 4) is 5.69 Å². The number of nitrogens with one attached hydrogen (secondary N) is 1. The van der Waals surface area contributed by atoms with E-state index in [1.54, 1.807) is 49.4 Å². The molecule has 0 spiro atoms. The second-order valence-electron chi connectivity index (χ2n) is 5.49. The fourth-order valence-corrected chi connectivity index (χ4v) is 2.28. The third-order valence-electron chi connectivity index (χ3n) is 3.64. The van der Waals surface area contributed by atoms with Gasteiger partial charge in [0.2, 0.25) is 5.91 Å². The number of nitrogens with zero attached hydrogens (tertiary/aromatic N) is 5. The zero-order valence-corrected chi connectivity index (χ0v) is 13.8. The predicted molar refractivity (Wildman–Crippen MR) is 87.5 cm³/mol. The molecule has 0 aliphatic carbocycles. The number of benzene rings is 1. The maximum atomic E-state index is 14.0. The molecule has 25 heavy (non-hydrogen) atoms. The number of rotatable bonds is 6. The third-order valence-corrected chi connectivity index (χ3v) is 3.64. The summed E-state index contributed by atoms with van der Waals surface area (Å²) in [6.07, 6.45) is 1.56. The predicted octanol–water partition coefficient (Wildman–Crippen LogP) is 1.77. The van der Waals surface area contributed by atoms with Crippen LogP contribution in [0.3, 0.4) is 0 Å². The van der Waals surface area contributed by atoms with Gasteiger partial charge in [-0.1, -0.05) is 0 Å². The van der Waals surface area contributed by atoms with Crippen LogP contribution in [0.1, 0.15) is 11.6 Å². The molecule has 0 aliphatic rings. The van der Waals surface area contributed by atoms with Gasteiger partial charge < -0.3 is 14.6 Å². The molecule has 1 amide bonds. The van der Waals surface area contributed by atoms with Crippen molar-refractivity contribution in [1.82, 2.24) is 25.1 Å². The summed E-state index contributed by atoms with van der Waals surface area (Å²) >= 11 is 0. The molecule has 0 atom stereocenters. The molecule has 0 aliphatic heterocycles. The van der Waals surface area contributed by atoms with Gasteiger partial charge in [0.25, 0.3) is 0 Å². The molecule has 0 saturated heterocycles. The van der Waals surface area contributed by atoms with Gasteiger partial charge in [-0.2, -0.15) is 4.68 Å². The van der Waals surface area contributed by atoms with Crippen LogP contribution in [0.15, 0.2) is 41.0 Å². The van der Waals surface area contributed by atoms with Gasteiger partial charge >= 0.3 is 0 Å². The minimum absolute atomic E-state index is 0.0663. The van der Waals surface area contributed by atoms with Crippen LogP contribution < -0.4 is 5.32 Å². The number of anilines is 1. The van der Waals surface area contributed by atoms with Crippen molar-refractivity contribution in [1.29, 1.82) is 0 Å². The van der Waals surface area contributed by atoms with Crippen LogP contribution >= 0.6 is 0 Å². The standard InChI is InChI=1S/C16H17FN6O2/c1-11-19-20-21-23(11)15-8-12(5-6-14(15)17)18-9-16(24)22(2)10-13-4-3-7-25-13/h3-8,18H,9-10H2,1-2H3. The number of aromatic nitrogens is 4. The topological polar surface area (TPSA) is 89.1 Å². The number of hydrogen-bond acceptors (Lipinski definition) is 6. The van der Waals surface area contributed by atoms with Gasteiger partial charge in [0.1, 0.15) is 17.3 Å². The maximum absolute atomic E-state index is 14.0. The van der Waals surface area contributed by atoms with Gasteiger partial charge in [0.15, 0.2) is 5.82 Å². The first-order valence-corrected chi connectivity index (χ1v) is 7.59. The van der Waals surface area contributed by atoms with E-state index in [2.05, 4.69) is 20.8 Å². The van der Waals surface area contributed by atoms with Crippen molar-refractivity contribution in [2.75, 3.05) is 18.9 Å². The fraction of sp³-hybridized carbons (Fsp3) is 0.250. The minimum atomic E-state index is -0.456. The molecule has 0 saturated carbocycles. The van der Waals surface area contributed by atoms with Crippen molar-refractivity contribution in [2.45, 2.75) is 13.5 Å². The van der Waals surface area contributed by atoms with Gasteiger partial charge in [-0.05, 0) is 47.7 Å². The third kappa shape index (κ3) is 3.82. The van der Waals surface area contributed by atoms with Crippen molar-refractivity contribution in [3.63, 3.8) is 0 Å². The van der Waals surface area contributed by atoms with Gasteiger partial charge in [0.05, 0.1) is 19.4 Å². The van der Waals surface area contributed by atoms with E-state index in [0.717, 1.165) is 0 Å². The SMILES string of the molecule is Cc1nnnn1-c1cc(NCC(=O)N(C)Cc2ccco2)ccc1F. The Morgan fingerprint density at radius 2 is 2.24 bits per heavy atom. The zero-order chi connectivity index (χ0) is 17.8. The van der Waals surface area contributed by atoms with Gasteiger partial charge in [-0.15, -0.1) is 5.10 Å². The normalized spacial score (nSPS) is 10.7. The number of carbonyl (C=O) groups excluding carboxylic acids is 1. The van der Waals surface area contributed by atoms with E-state index in [1.165, 1.54) is 10.7 Å². The Bertz CT molecular complexity index is 861. The average Bonchev–Trinajstić information content (AvgIpc) is 3.25. The Hall–Kier alpha value is -3.23. The van der Waals surface area contributed by atoms with E-state index in [0.29, 0.717) is 23.8 Å². The fourth-order valence-electron chi connectivity index (χ4n) is 2.28. The second kappa shape index (κ2) is 7.12. The molecule has 1 N–H and O–H groups in total. The van der Waals surface area contributed by atoms with Crippen molar-refractivity contribution >= 4 is 11.6 Å². The van der Waals surface area contributed by atoms with E-state index >= 15 is 0 Å². The van der Waals surface area contributed by atoms with E-state index in [1.807, 2.05) is 0 Å². The molecule has 0 radical (unpaired) electrons. The lowest BCUT2D eigenvalue weighted by atomic mass is 10.2. The number of hydrogen-bond donors (Lipinski definition) is 1. The summed E-state index contributed by atoms with van der Waals surface area (Å²) in [6, 6.07) is 7.98. The number of likely N-dealkylation sites (N-methyl/N-ethyl adjacent to an activating group) is 1. The Balaban J connectivity index is 1.65. The number of tetrazole rings is 1. The van der Waals surface area contributed by atoms with Gasteiger partial charge in [-0.25, -0.2) is 4.39 Å². The summed E-state index contributed by atoms with van der Waals surface area (Å²) in [5.74, 6) is 0.586. The van der Waals surface area contributed by atoms with Crippen LogP contribution in [-0.4, -0.2) is 44.6 Å². The van der Waals surface area contributed by atoms with Crippen LogP contribution in [0, 0.1) is 12.7 Å². The lowest BCUT2D eigenvalue weighted by molar-refractivity contribution is -0.128. The summed E-state index contributed by atoms with van der Waals surface area (Å²) in [4.78, 5) is 13.7. The van der Waals surface area contributed by atoms with Crippen LogP contribution in [0.2, 0.25) is 0 Å². The summed E-state index contributed by atoms with van der Waals surface area (Å²) in [5, 5.41) is 14.0. The smallest absolute Gasteiger partial charge is 0.242 e. The number of aryl methyl sites for hydroxylation is 1. The highest BCUT2D eigenvalue weighted by molar-refractivity contribution is 5.80. The molecule has 2 heterocycles. The Labute approximate surface area is 143 Å². The zero-order valence-electron chi connectivity index (χ0n) is 13.8.